The molecule has 1 aromatic carbocycles. The van der Waals surface area contributed by atoms with Crippen molar-refractivity contribution in [3.63, 3.8) is 0 Å². The van der Waals surface area contributed by atoms with Gasteiger partial charge in [-0.1, -0.05) is 25.7 Å². The van der Waals surface area contributed by atoms with E-state index < -0.39 is 39.9 Å². The number of carbonyl (C=O) groups excluding carboxylic acids is 1. The van der Waals surface area contributed by atoms with E-state index in [1.807, 2.05) is 12.1 Å². The normalized spacial score (nSPS) is 23.1. The SMILES string of the molecule is O=C1CN(c2c(O)cc(CC3CCCC(CCCc4ccco4)C3)cc2F)S(=O)(=O)N1. The van der Waals surface area contributed by atoms with Gasteiger partial charge in [0.15, 0.2) is 5.82 Å². The van der Waals surface area contributed by atoms with Gasteiger partial charge in [0.2, 0.25) is 0 Å². The molecule has 168 valence electrons. The maximum atomic E-state index is 14.8. The Labute approximate surface area is 181 Å². The Bertz CT molecular complexity index is 1020. The first-order valence-corrected chi connectivity index (χ1v) is 12.1. The number of phenolic OH excluding ortho intramolecular Hbond substituents is 1. The van der Waals surface area contributed by atoms with Gasteiger partial charge in [-0.3, -0.25) is 4.79 Å². The van der Waals surface area contributed by atoms with Gasteiger partial charge in [0.1, 0.15) is 23.7 Å². The van der Waals surface area contributed by atoms with Gasteiger partial charge >= 0.3 is 10.2 Å². The van der Waals surface area contributed by atoms with E-state index in [1.54, 1.807) is 11.0 Å². The lowest BCUT2D eigenvalue weighted by molar-refractivity contribution is -0.117. The molecule has 2 heterocycles. The van der Waals surface area contributed by atoms with Crippen LogP contribution in [0.3, 0.4) is 0 Å². The second-order valence-electron chi connectivity index (χ2n) is 8.56. The van der Waals surface area contributed by atoms with E-state index in [9.17, 15) is 22.7 Å². The fourth-order valence-corrected chi connectivity index (χ4v) is 6.02. The van der Waals surface area contributed by atoms with Crippen molar-refractivity contribution < 1.29 is 27.1 Å². The van der Waals surface area contributed by atoms with Crippen LogP contribution in [0.25, 0.3) is 0 Å². The lowest BCUT2D eigenvalue weighted by Gasteiger charge is -2.29. The van der Waals surface area contributed by atoms with Crippen molar-refractivity contribution in [1.29, 1.82) is 0 Å². The Hall–Kier alpha value is -2.55. The maximum Gasteiger partial charge on any atom is 0.326 e. The van der Waals surface area contributed by atoms with E-state index in [0.29, 0.717) is 28.1 Å². The van der Waals surface area contributed by atoms with Crippen LogP contribution in [-0.2, 0) is 27.8 Å². The number of amides is 1. The summed E-state index contributed by atoms with van der Waals surface area (Å²) < 4.78 is 46.5. The van der Waals surface area contributed by atoms with Gasteiger partial charge in [-0.05, 0) is 60.9 Å². The van der Waals surface area contributed by atoms with Crippen molar-refractivity contribution in [3.05, 3.63) is 47.7 Å². The molecule has 1 aliphatic carbocycles. The zero-order chi connectivity index (χ0) is 22.0. The van der Waals surface area contributed by atoms with Gasteiger partial charge in [0, 0.05) is 6.42 Å². The highest BCUT2D eigenvalue weighted by atomic mass is 32.2. The number of halogens is 1. The highest BCUT2D eigenvalue weighted by Gasteiger charge is 2.37. The molecule has 2 N–H and O–H groups in total. The minimum atomic E-state index is -4.18. The largest absolute Gasteiger partial charge is 0.506 e. The molecule has 4 rings (SSSR count). The fraction of sp³-hybridized carbons (Fsp3) is 0.500. The minimum absolute atomic E-state index is 0.394. The second kappa shape index (κ2) is 8.90. The Morgan fingerprint density at radius 3 is 2.74 bits per heavy atom. The van der Waals surface area contributed by atoms with E-state index in [1.165, 1.54) is 18.6 Å². The van der Waals surface area contributed by atoms with Crippen LogP contribution in [0.15, 0.2) is 34.9 Å². The number of aryl methyl sites for hydroxylation is 1. The molecular weight excluding hydrogens is 423 g/mol. The molecular formula is C22H27FN2O5S. The molecule has 1 aliphatic heterocycles. The molecule has 2 fully saturated rings. The van der Waals surface area contributed by atoms with Crippen LogP contribution in [0.5, 0.6) is 5.75 Å². The lowest BCUT2D eigenvalue weighted by Crippen LogP contribution is -2.30. The third-order valence-corrected chi connectivity index (χ3v) is 7.58. The second-order valence-corrected chi connectivity index (χ2v) is 10.2. The molecule has 0 bridgehead atoms. The smallest absolute Gasteiger partial charge is 0.326 e. The van der Waals surface area contributed by atoms with Crippen molar-refractivity contribution in [3.8, 4) is 5.75 Å². The molecule has 1 saturated carbocycles. The van der Waals surface area contributed by atoms with Crippen molar-refractivity contribution in [2.75, 3.05) is 10.8 Å². The summed E-state index contributed by atoms with van der Waals surface area (Å²) in [5.41, 5.74) is 0.150. The molecule has 7 nitrogen and oxygen atoms in total. The van der Waals surface area contributed by atoms with Crippen molar-refractivity contribution in [2.24, 2.45) is 11.8 Å². The topological polar surface area (TPSA) is 99.8 Å². The van der Waals surface area contributed by atoms with Crippen molar-refractivity contribution in [2.45, 2.75) is 51.4 Å². The predicted molar refractivity (Wildman–Crippen MR) is 113 cm³/mol. The zero-order valence-electron chi connectivity index (χ0n) is 17.2. The van der Waals surface area contributed by atoms with Gasteiger partial charge in [-0.25, -0.2) is 13.4 Å². The zero-order valence-corrected chi connectivity index (χ0v) is 18.0. The maximum absolute atomic E-state index is 14.8. The number of furan rings is 1. The monoisotopic (exact) mass is 450 g/mol. The molecule has 1 saturated heterocycles. The van der Waals surface area contributed by atoms with E-state index in [4.69, 9.17) is 4.42 Å². The quantitative estimate of drug-likeness (QED) is 0.670. The van der Waals surface area contributed by atoms with E-state index in [0.717, 1.165) is 44.3 Å². The third-order valence-electron chi connectivity index (χ3n) is 6.20. The van der Waals surface area contributed by atoms with Crippen LogP contribution in [-0.4, -0.2) is 26.0 Å². The number of phenols is 1. The number of hydrogen-bond donors (Lipinski definition) is 2. The summed E-state index contributed by atoms with van der Waals surface area (Å²) in [5.74, 6) is -0.0516. The number of anilines is 1. The standard InChI is InChI=1S/C22H27FN2O5S/c23-19-12-17(13-20(26)22(19)25-14-21(27)24-31(25,28)29)11-16-6-1-4-15(10-16)5-2-7-18-8-3-9-30-18/h3,8-9,12-13,15-16,26H,1-2,4-7,10-11,14H2,(H,24,27). The van der Waals surface area contributed by atoms with Crippen LogP contribution in [0.2, 0.25) is 0 Å². The van der Waals surface area contributed by atoms with Crippen LogP contribution in [0.4, 0.5) is 10.1 Å². The Morgan fingerprint density at radius 2 is 2.06 bits per heavy atom. The number of benzene rings is 1. The molecule has 2 aliphatic rings. The summed E-state index contributed by atoms with van der Waals surface area (Å²) in [5, 5.41) is 10.3. The molecule has 1 aromatic heterocycles. The van der Waals surface area contributed by atoms with Crippen LogP contribution >= 0.6 is 0 Å². The third kappa shape index (κ3) is 5.03. The molecule has 9 heteroatoms. The summed E-state index contributed by atoms with van der Waals surface area (Å²) >= 11 is 0. The summed E-state index contributed by atoms with van der Waals surface area (Å²) in [6, 6.07) is 6.58. The predicted octanol–water partition coefficient (Wildman–Crippen LogP) is 3.68. The number of carbonyl (C=O) groups is 1. The Morgan fingerprint density at radius 1 is 1.26 bits per heavy atom. The van der Waals surface area contributed by atoms with Gasteiger partial charge < -0.3 is 9.52 Å². The van der Waals surface area contributed by atoms with Crippen LogP contribution in [0, 0.1) is 17.7 Å². The average molecular weight is 451 g/mol. The fourth-order valence-electron chi connectivity index (χ4n) is 4.85. The van der Waals surface area contributed by atoms with Crippen LogP contribution in [0.1, 0.15) is 49.8 Å². The summed E-state index contributed by atoms with van der Waals surface area (Å²) in [6.07, 6.45) is 9.90. The highest BCUT2D eigenvalue weighted by Crippen LogP contribution is 2.38. The average Bonchev–Trinajstić information content (AvgIpc) is 3.29. The first-order valence-electron chi connectivity index (χ1n) is 10.7. The minimum Gasteiger partial charge on any atom is -0.506 e. The number of rotatable bonds is 7. The Balaban J connectivity index is 1.38. The lowest BCUT2D eigenvalue weighted by atomic mass is 9.76. The molecule has 0 spiro atoms. The van der Waals surface area contributed by atoms with Crippen molar-refractivity contribution >= 4 is 21.8 Å². The molecule has 2 unspecified atom stereocenters. The van der Waals surface area contributed by atoms with Gasteiger partial charge in [0.25, 0.3) is 5.91 Å². The highest BCUT2D eigenvalue weighted by molar-refractivity contribution is 7.92. The molecule has 2 aromatic rings. The first-order chi connectivity index (χ1) is 14.8. The summed E-state index contributed by atoms with van der Waals surface area (Å²) in [7, 11) is -4.18. The number of hydrogen-bond acceptors (Lipinski definition) is 5. The number of aromatic hydroxyl groups is 1. The number of nitrogens with one attached hydrogen (secondary N) is 1. The van der Waals surface area contributed by atoms with Gasteiger partial charge in [-0.15, -0.1) is 0 Å². The molecule has 1 amide bonds. The van der Waals surface area contributed by atoms with E-state index >= 15 is 0 Å². The number of nitrogens with zero attached hydrogens (tertiary/aromatic N) is 1. The van der Waals surface area contributed by atoms with Gasteiger partial charge in [0.05, 0.1) is 6.26 Å². The molecule has 31 heavy (non-hydrogen) atoms. The van der Waals surface area contributed by atoms with Crippen LogP contribution < -0.4 is 9.03 Å². The van der Waals surface area contributed by atoms with E-state index in [2.05, 4.69) is 0 Å². The Kier molecular flexibility index (Phi) is 6.22. The molecule has 0 radical (unpaired) electrons. The van der Waals surface area contributed by atoms with Crippen molar-refractivity contribution in [1.82, 2.24) is 4.72 Å². The summed E-state index contributed by atoms with van der Waals surface area (Å²) in [6.45, 7) is -0.547. The summed E-state index contributed by atoms with van der Waals surface area (Å²) in [4.78, 5) is 11.4. The first kappa shape index (κ1) is 21.7. The van der Waals surface area contributed by atoms with E-state index in [-0.39, 0.29) is 0 Å². The molecule has 2 atom stereocenters. The van der Waals surface area contributed by atoms with Gasteiger partial charge in [-0.2, -0.15) is 8.42 Å².